The summed E-state index contributed by atoms with van der Waals surface area (Å²) in [6.45, 7) is 7.78. The van der Waals surface area contributed by atoms with Gasteiger partial charge in [0.2, 0.25) is 0 Å². The lowest BCUT2D eigenvalue weighted by atomic mass is 9.98. The van der Waals surface area contributed by atoms with E-state index in [1.807, 2.05) is 91.1 Å². The fraction of sp³-hybridized carbons (Fsp3) is 0. The summed E-state index contributed by atoms with van der Waals surface area (Å²) in [7, 11) is 0. The first-order valence-electron chi connectivity index (χ1n) is 18.2. The Balaban J connectivity index is 1.23. The van der Waals surface area contributed by atoms with Crippen LogP contribution in [0.2, 0.25) is 0 Å². The van der Waals surface area contributed by atoms with Gasteiger partial charge >= 0.3 is 0 Å². The van der Waals surface area contributed by atoms with Gasteiger partial charge in [0.1, 0.15) is 0 Å². The number of pyridine rings is 1. The van der Waals surface area contributed by atoms with Gasteiger partial charge in [0.05, 0.1) is 69.5 Å². The first kappa shape index (κ1) is 32.4. The van der Waals surface area contributed by atoms with Gasteiger partial charge < -0.3 is 9.13 Å². The summed E-state index contributed by atoms with van der Waals surface area (Å²) >= 11 is 0. The Kier molecular flexibility index (Phi) is 7.53. The van der Waals surface area contributed by atoms with Crippen molar-refractivity contribution in [3.63, 3.8) is 0 Å². The molecule has 0 bridgehead atoms. The van der Waals surface area contributed by atoms with Crippen LogP contribution in [-0.4, -0.2) is 14.1 Å². The third-order valence-electron chi connectivity index (χ3n) is 10.7. The molecule has 6 heteroatoms. The zero-order valence-electron chi connectivity index (χ0n) is 29.8. The molecule has 0 fully saturated rings. The van der Waals surface area contributed by atoms with Gasteiger partial charge in [-0.1, -0.05) is 91.0 Å². The minimum absolute atomic E-state index is 0.549. The van der Waals surface area contributed by atoms with Crippen LogP contribution in [0, 0.1) is 29.2 Å². The Bertz CT molecular complexity index is 3360. The summed E-state index contributed by atoms with van der Waals surface area (Å²) in [5.41, 5.74) is 13.2. The molecule has 3 heterocycles. The van der Waals surface area contributed by atoms with Crippen molar-refractivity contribution >= 4 is 49.3 Å². The van der Waals surface area contributed by atoms with E-state index in [2.05, 4.69) is 104 Å². The van der Waals surface area contributed by atoms with E-state index in [0.717, 1.165) is 88.4 Å². The first-order valence-corrected chi connectivity index (χ1v) is 18.2. The van der Waals surface area contributed by atoms with E-state index in [-0.39, 0.29) is 0 Å². The molecular weight excluding hydrogens is 685 g/mol. The molecule has 0 amide bonds. The highest BCUT2D eigenvalue weighted by Crippen LogP contribution is 2.43. The number of hydrogen-bond donors (Lipinski definition) is 0. The van der Waals surface area contributed by atoms with Crippen molar-refractivity contribution in [1.29, 1.82) is 10.5 Å². The van der Waals surface area contributed by atoms with Gasteiger partial charge in [0.15, 0.2) is 5.69 Å². The van der Waals surface area contributed by atoms with E-state index in [4.69, 9.17) is 6.57 Å². The van der Waals surface area contributed by atoms with Crippen molar-refractivity contribution in [1.82, 2.24) is 14.1 Å². The summed E-state index contributed by atoms with van der Waals surface area (Å²) in [6, 6.07) is 57.6. The molecule has 0 saturated heterocycles. The number of benzene rings is 7. The lowest BCUT2D eigenvalue weighted by Gasteiger charge is -2.18. The molecule has 0 aliphatic heterocycles. The third kappa shape index (κ3) is 4.97. The van der Waals surface area contributed by atoms with Crippen LogP contribution < -0.4 is 0 Å². The van der Waals surface area contributed by atoms with Gasteiger partial charge in [-0.2, -0.15) is 10.5 Å². The van der Waals surface area contributed by atoms with E-state index < -0.39 is 0 Å². The molecule has 0 saturated carbocycles. The van der Waals surface area contributed by atoms with Crippen molar-refractivity contribution < 1.29 is 0 Å². The third-order valence-corrected chi connectivity index (χ3v) is 10.7. The second-order valence-corrected chi connectivity index (χ2v) is 13.7. The van der Waals surface area contributed by atoms with Gasteiger partial charge in [-0.25, -0.2) is 4.85 Å². The van der Waals surface area contributed by atoms with Gasteiger partial charge in [0, 0.05) is 38.9 Å². The predicted molar refractivity (Wildman–Crippen MR) is 225 cm³/mol. The Hall–Kier alpha value is -8.24. The Labute approximate surface area is 322 Å². The molecule has 0 aliphatic rings. The Morgan fingerprint density at radius 3 is 1.75 bits per heavy atom. The monoisotopic (exact) mass is 712 g/mol. The van der Waals surface area contributed by atoms with Gasteiger partial charge in [-0.3, -0.25) is 4.98 Å². The van der Waals surface area contributed by atoms with Gasteiger partial charge in [0.25, 0.3) is 0 Å². The normalized spacial score (nSPS) is 11.2. The molecule has 10 rings (SSSR count). The topological polar surface area (TPSA) is 74.7 Å². The quantitative estimate of drug-likeness (QED) is 0.167. The molecule has 3 aromatic heterocycles. The number of hydrogen-bond acceptors (Lipinski definition) is 3. The molecule has 56 heavy (non-hydrogen) atoms. The van der Waals surface area contributed by atoms with Gasteiger partial charge in [-0.05, 0) is 89.0 Å². The van der Waals surface area contributed by atoms with Gasteiger partial charge in [-0.15, -0.1) is 0 Å². The van der Waals surface area contributed by atoms with Crippen LogP contribution in [0.5, 0.6) is 0 Å². The van der Waals surface area contributed by atoms with E-state index in [9.17, 15) is 10.5 Å². The Morgan fingerprint density at radius 1 is 0.482 bits per heavy atom. The molecule has 258 valence electrons. The fourth-order valence-corrected chi connectivity index (χ4v) is 8.26. The summed E-state index contributed by atoms with van der Waals surface area (Å²) in [5, 5.41) is 24.4. The SMILES string of the molecule is [C-]#[N+]c1ccccc1-c1ccc2c(c1)c1ccccc1n2-c1cnccc1-c1cc(C#N)ccc1-n1c2ccccc2c2cc(-c3ccccc3C#N)ccc21. The number of nitrogens with zero attached hydrogens (tertiary/aromatic N) is 6. The van der Waals surface area contributed by atoms with Crippen LogP contribution in [-0.2, 0) is 0 Å². The second kappa shape index (κ2) is 13.0. The number of rotatable bonds is 5. The minimum atomic E-state index is 0.549. The van der Waals surface area contributed by atoms with E-state index in [0.29, 0.717) is 16.8 Å². The molecule has 7 aromatic carbocycles. The lowest BCUT2D eigenvalue weighted by molar-refractivity contribution is 1.13. The van der Waals surface area contributed by atoms with Crippen molar-refractivity contribution in [2.24, 2.45) is 0 Å². The zero-order chi connectivity index (χ0) is 37.8. The highest BCUT2D eigenvalue weighted by molar-refractivity contribution is 6.13. The second-order valence-electron chi connectivity index (χ2n) is 13.7. The van der Waals surface area contributed by atoms with E-state index in [1.54, 1.807) is 6.20 Å². The Morgan fingerprint density at radius 2 is 1.07 bits per heavy atom. The number of para-hydroxylation sites is 3. The van der Waals surface area contributed by atoms with E-state index >= 15 is 0 Å². The van der Waals surface area contributed by atoms with Crippen molar-refractivity contribution in [3.8, 4) is 56.9 Å². The summed E-state index contributed by atoms with van der Waals surface area (Å²) < 4.78 is 4.53. The number of aromatic nitrogens is 3. The lowest BCUT2D eigenvalue weighted by Crippen LogP contribution is -2.02. The smallest absolute Gasteiger partial charge is 0.194 e. The predicted octanol–water partition coefficient (Wildman–Crippen LogP) is 12.6. The largest absolute Gasteiger partial charge is 0.309 e. The highest BCUT2D eigenvalue weighted by Gasteiger charge is 2.22. The zero-order valence-corrected chi connectivity index (χ0v) is 29.8. The van der Waals surface area contributed by atoms with Crippen LogP contribution >= 0.6 is 0 Å². The van der Waals surface area contributed by atoms with Crippen LogP contribution in [0.1, 0.15) is 11.1 Å². The molecule has 0 N–H and O–H groups in total. The number of nitriles is 2. The summed E-state index contributed by atoms with van der Waals surface area (Å²) in [5.74, 6) is 0. The summed E-state index contributed by atoms with van der Waals surface area (Å²) in [6.07, 6.45) is 3.71. The minimum Gasteiger partial charge on any atom is -0.309 e. The maximum absolute atomic E-state index is 10.2. The van der Waals surface area contributed by atoms with E-state index in [1.165, 1.54) is 0 Å². The molecule has 10 aromatic rings. The van der Waals surface area contributed by atoms with Crippen LogP contribution in [0.15, 0.2) is 170 Å². The van der Waals surface area contributed by atoms with Crippen LogP contribution in [0.4, 0.5) is 5.69 Å². The molecule has 0 atom stereocenters. The van der Waals surface area contributed by atoms with Crippen molar-refractivity contribution in [2.75, 3.05) is 0 Å². The highest BCUT2D eigenvalue weighted by atomic mass is 15.0. The fourth-order valence-electron chi connectivity index (χ4n) is 8.26. The molecule has 6 nitrogen and oxygen atoms in total. The van der Waals surface area contributed by atoms with Crippen molar-refractivity contribution in [3.05, 3.63) is 193 Å². The first-order chi connectivity index (χ1) is 27.7. The molecule has 0 spiro atoms. The standard InChI is InChI=1S/C50H28N6/c1-53-44-15-7-4-12-37(44)34-20-23-49-43(28-34)39-14-6-9-17-46(39)56(49)50-31-54-25-24-40(50)41-26-32(29-51)18-21-47(41)55-45-16-8-5-13-38(45)42-27-33(19-22-48(42)55)36-11-3-2-10-35(36)30-52/h2-28,31H. The molecule has 0 radical (unpaired) electrons. The van der Waals surface area contributed by atoms with Crippen LogP contribution in [0.25, 0.3) is 93.2 Å². The molecule has 0 unspecified atom stereocenters. The molecular formula is C50H28N6. The average Bonchev–Trinajstić information content (AvgIpc) is 3.78. The maximum Gasteiger partial charge on any atom is 0.194 e. The number of fused-ring (bicyclic) bond motifs is 6. The summed E-state index contributed by atoms with van der Waals surface area (Å²) in [4.78, 5) is 8.46. The molecule has 0 aliphatic carbocycles. The average molecular weight is 713 g/mol. The van der Waals surface area contributed by atoms with Crippen molar-refractivity contribution in [2.45, 2.75) is 0 Å². The van der Waals surface area contributed by atoms with Crippen LogP contribution in [0.3, 0.4) is 0 Å². The maximum atomic E-state index is 10.2.